The second-order valence-corrected chi connectivity index (χ2v) is 8.37. The smallest absolute Gasteiger partial charge is 0.231 e. The summed E-state index contributed by atoms with van der Waals surface area (Å²) in [6.45, 7) is 3.55. The van der Waals surface area contributed by atoms with Gasteiger partial charge in [-0.15, -0.1) is 11.3 Å². The predicted octanol–water partition coefficient (Wildman–Crippen LogP) is 4.69. The minimum Gasteiger partial charge on any atom is -0.454 e. The maximum atomic E-state index is 5.48. The number of aromatic nitrogens is 1. The van der Waals surface area contributed by atoms with Crippen molar-refractivity contribution in [3.05, 3.63) is 62.7 Å². The zero-order chi connectivity index (χ0) is 17.8. The molecular weight excluding hydrogens is 364 g/mol. The van der Waals surface area contributed by atoms with Gasteiger partial charge in [-0.25, -0.2) is 4.98 Å². The zero-order valence-electron chi connectivity index (χ0n) is 14.7. The fraction of sp³-hybridized carbons (Fsp3) is 0.350. The number of rotatable bonds is 8. The quantitative estimate of drug-likeness (QED) is 0.610. The topological polar surface area (TPSA) is 43.4 Å². The normalized spacial score (nSPS) is 15.1. The summed E-state index contributed by atoms with van der Waals surface area (Å²) in [5.74, 6) is 2.22. The third-order valence-corrected chi connectivity index (χ3v) is 6.12. The molecule has 0 aliphatic carbocycles. The van der Waals surface area contributed by atoms with Crippen molar-refractivity contribution < 1.29 is 9.47 Å². The van der Waals surface area contributed by atoms with Crippen molar-refractivity contribution in [3.63, 3.8) is 0 Å². The number of thiophene rings is 1. The third-order valence-electron chi connectivity index (χ3n) is 4.50. The maximum absolute atomic E-state index is 5.48. The van der Waals surface area contributed by atoms with Crippen molar-refractivity contribution in [2.45, 2.75) is 25.8 Å². The Hall–Kier alpha value is -1.89. The molecule has 4 rings (SSSR count). The van der Waals surface area contributed by atoms with E-state index in [9.17, 15) is 0 Å². The molecule has 2 aromatic heterocycles. The first-order chi connectivity index (χ1) is 12.8. The minimum absolute atomic E-state index is 0.267. The van der Waals surface area contributed by atoms with E-state index >= 15 is 0 Å². The molecule has 0 saturated carbocycles. The van der Waals surface area contributed by atoms with Crippen LogP contribution in [0.4, 0.5) is 0 Å². The van der Waals surface area contributed by atoms with Crippen LogP contribution in [0.5, 0.6) is 11.5 Å². The summed E-state index contributed by atoms with van der Waals surface area (Å²) in [6.07, 6.45) is 3.87. The van der Waals surface area contributed by atoms with Crippen molar-refractivity contribution in [1.82, 2.24) is 10.3 Å². The van der Waals surface area contributed by atoms with Gasteiger partial charge in [0, 0.05) is 11.6 Å². The number of hydrogen-bond acceptors (Lipinski definition) is 6. The summed E-state index contributed by atoms with van der Waals surface area (Å²) in [4.78, 5) is 4.53. The van der Waals surface area contributed by atoms with E-state index in [1.54, 1.807) is 22.7 Å². The molecule has 4 nitrogen and oxygen atoms in total. The molecule has 0 bridgehead atoms. The van der Waals surface area contributed by atoms with Crippen LogP contribution in [0.2, 0.25) is 0 Å². The van der Waals surface area contributed by atoms with Gasteiger partial charge in [0.1, 0.15) is 5.01 Å². The zero-order valence-corrected chi connectivity index (χ0v) is 16.3. The van der Waals surface area contributed by atoms with E-state index in [1.807, 2.05) is 17.6 Å². The van der Waals surface area contributed by atoms with Crippen LogP contribution in [0.3, 0.4) is 0 Å². The summed E-state index contributed by atoms with van der Waals surface area (Å²) < 4.78 is 10.9. The van der Waals surface area contributed by atoms with Gasteiger partial charge in [-0.05, 0) is 65.4 Å². The fourth-order valence-electron chi connectivity index (χ4n) is 3.18. The molecule has 0 fully saturated rings. The number of ether oxygens (including phenoxy) is 2. The van der Waals surface area contributed by atoms with Crippen LogP contribution in [-0.4, -0.2) is 18.3 Å². The van der Waals surface area contributed by atoms with Gasteiger partial charge >= 0.3 is 0 Å². The number of nitrogens with one attached hydrogen (secondary N) is 1. The highest BCUT2D eigenvalue weighted by Crippen LogP contribution is 2.33. The third kappa shape index (κ3) is 4.26. The molecule has 2 atom stereocenters. The molecule has 0 amide bonds. The second-order valence-electron chi connectivity index (χ2n) is 6.66. The van der Waals surface area contributed by atoms with Gasteiger partial charge in [0.2, 0.25) is 6.79 Å². The monoisotopic (exact) mass is 386 g/mol. The van der Waals surface area contributed by atoms with Gasteiger partial charge < -0.3 is 14.8 Å². The van der Waals surface area contributed by atoms with Gasteiger partial charge in [-0.1, -0.05) is 13.0 Å². The average Bonchev–Trinajstić information content (AvgIpc) is 3.40. The van der Waals surface area contributed by atoms with E-state index in [2.05, 4.69) is 46.2 Å². The maximum Gasteiger partial charge on any atom is 0.231 e. The SMILES string of the molecule is C[C@H](CN[C@H](Cc1ccsc1)c1nccs1)Cc1ccc2c(c1)OCO2. The van der Waals surface area contributed by atoms with Crippen molar-refractivity contribution in [2.24, 2.45) is 5.92 Å². The molecule has 26 heavy (non-hydrogen) atoms. The first-order valence-corrected chi connectivity index (χ1v) is 10.6. The van der Waals surface area contributed by atoms with Gasteiger partial charge in [0.25, 0.3) is 0 Å². The van der Waals surface area contributed by atoms with Crippen molar-refractivity contribution >= 4 is 22.7 Å². The van der Waals surface area contributed by atoms with Crippen LogP contribution in [0.15, 0.2) is 46.6 Å². The molecule has 3 aromatic rings. The van der Waals surface area contributed by atoms with Crippen molar-refractivity contribution in [1.29, 1.82) is 0 Å². The standard InChI is InChI=1S/C20H22N2O2S2/c1-14(8-15-2-3-18-19(10-15)24-13-23-18)11-22-17(20-21-5-7-26-20)9-16-4-6-25-12-16/h2-7,10,12,14,17,22H,8-9,11,13H2,1H3/t14-,17+/m0/s1. The lowest BCUT2D eigenvalue weighted by Gasteiger charge is -2.19. The fourth-order valence-corrected chi connectivity index (χ4v) is 4.58. The largest absolute Gasteiger partial charge is 0.454 e. The van der Waals surface area contributed by atoms with Crippen LogP contribution in [0.1, 0.15) is 29.1 Å². The van der Waals surface area contributed by atoms with Gasteiger partial charge in [0.05, 0.1) is 6.04 Å². The number of fused-ring (bicyclic) bond motifs is 1. The Morgan fingerprint density at radius 1 is 1.12 bits per heavy atom. The summed E-state index contributed by atoms with van der Waals surface area (Å²) in [5.41, 5.74) is 2.65. The predicted molar refractivity (Wildman–Crippen MR) is 106 cm³/mol. The van der Waals surface area contributed by atoms with E-state index in [1.165, 1.54) is 11.1 Å². The van der Waals surface area contributed by atoms with E-state index in [0.29, 0.717) is 12.7 Å². The first kappa shape index (κ1) is 17.5. The summed E-state index contributed by atoms with van der Waals surface area (Å²) in [7, 11) is 0. The Balaban J connectivity index is 1.36. The molecular formula is C20H22N2O2S2. The molecule has 6 heteroatoms. The molecule has 3 heterocycles. The number of hydrogen-bond donors (Lipinski definition) is 1. The summed E-state index contributed by atoms with van der Waals surface area (Å²) >= 11 is 3.47. The average molecular weight is 387 g/mol. The van der Waals surface area contributed by atoms with E-state index in [0.717, 1.165) is 35.9 Å². The number of thiazole rings is 1. The number of benzene rings is 1. The van der Waals surface area contributed by atoms with Crippen LogP contribution < -0.4 is 14.8 Å². The highest BCUT2D eigenvalue weighted by molar-refractivity contribution is 7.09. The van der Waals surface area contributed by atoms with Gasteiger partial charge in [-0.3, -0.25) is 0 Å². The molecule has 1 aliphatic rings. The molecule has 0 saturated heterocycles. The number of nitrogens with zero attached hydrogens (tertiary/aromatic N) is 1. The van der Waals surface area contributed by atoms with E-state index in [-0.39, 0.29) is 6.04 Å². The van der Waals surface area contributed by atoms with Crippen molar-refractivity contribution in [3.8, 4) is 11.5 Å². The Morgan fingerprint density at radius 2 is 2.04 bits per heavy atom. The van der Waals surface area contributed by atoms with E-state index < -0.39 is 0 Å². The lowest BCUT2D eigenvalue weighted by molar-refractivity contribution is 0.174. The van der Waals surface area contributed by atoms with Crippen molar-refractivity contribution in [2.75, 3.05) is 13.3 Å². The van der Waals surface area contributed by atoms with Gasteiger partial charge in [0.15, 0.2) is 11.5 Å². The molecule has 136 valence electrons. The lowest BCUT2D eigenvalue weighted by Crippen LogP contribution is -2.28. The summed E-state index contributed by atoms with van der Waals surface area (Å²) in [5, 5.41) is 11.3. The second kappa shape index (κ2) is 8.20. The molecule has 1 aliphatic heterocycles. The molecule has 1 N–H and O–H groups in total. The molecule has 0 unspecified atom stereocenters. The van der Waals surface area contributed by atoms with E-state index in [4.69, 9.17) is 9.47 Å². The lowest BCUT2D eigenvalue weighted by atomic mass is 10.00. The van der Waals surface area contributed by atoms with Gasteiger partial charge in [-0.2, -0.15) is 11.3 Å². The molecule has 1 aromatic carbocycles. The van der Waals surface area contributed by atoms with Crippen LogP contribution in [-0.2, 0) is 12.8 Å². The summed E-state index contributed by atoms with van der Waals surface area (Å²) in [6, 6.07) is 8.70. The minimum atomic E-state index is 0.267. The van der Waals surface area contributed by atoms with Crippen LogP contribution in [0.25, 0.3) is 0 Å². The Kier molecular flexibility index (Phi) is 5.53. The Labute approximate surface area is 161 Å². The highest BCUT2D eigenvalue weighted by atomic mass is 32.1. The van der Waals surface area contributed by atoms with Crippen LogP contribution in [0, 0.1) is 5.92 Å². The highest BCUT2D eigenvalue weighted by Gasteiger charge is 2.17. The van der Waals surface area contributed by atoms with Crippen LogP contribution >= 0.6 is 22.7 Å². The molecule has 0 spiro atoms. The molecule has 0 radical (unpaired) electrons. The Bertz CT molecular complexity index is 818. The first-order valence-electron chi connectivity index (χ1n) is 8.80. The Morgan fingerprint density at radius 3 is 2.85 bits per heavy atom.